The first kappa shape index (κ1) is 16.7. The van der Waals surface area contributed by atoms with Crippen molar-refractivity contribution in [3.05, 3.63) is 24.3 Å². The number of aliphatic hydroxyl groups excluding tert-OH is 1. The lowest BCUT2D eigenvalue weighted by atomic mass is 10.3. The molecule has 0 aliphatic heterocycles. The van der Waals surface area contributed by atoms with Crippen LogP contribution in [0.4, 0.5) is 18.9 Å². The van der Waals surface area contributed by atoms with E-state index in [1.165, 1.54) is 38.4 Å². The molecule has 0 aliphatic carbocycles. The third-order valence-corrected chi connectivity index (χ3v) is 4.34. The van der Waals surface area contributed by atoms with Crippen LogP contribution >= 0.6 is 0 Å². The Morgan fingerprint density at radius 2 is 1.75 bits per heavy atom. The average molecular weight is 312 g/mol. The quantitative estimate of drug-likeness (QED) is 0.859. The van der Waals surface area contributed by atoms with Crippen molar-refractivity contribution in [3.63, 3.8) is 0 Å². The second kappa shape index (κ2) is 5.98. The van der Waals surface area contributed by atoms with Crippen LogP contribution in [0.25, 0.3) is 0 Å². The lowest BCUT2D eigenvalue weighted by Crippen LogP contribution is -2.35. The summed E-state index contributed by atoms with van der Waals surface area (Å²) in [4.78, 5) is 0.0319. The van der Waals surface area contributed by atoms with Gasteiger partial charge in [-0.1, -0.05) is 0 Å². The number of nitrogens with zero attached hydrogens (tertiary/aromatic N) is 1. The van der Waals surface area contributed by atoms with Crippen LogP contribution in [0.15, 0.2) is 29.2 Å². The number of sulfonamides is 1. The summed E-state index contributed by atoms with van der Waals surface area (Å²) >= 11 is 0. The predicted molar refractivity (Wildman–Crippen MR) is 67.9 cm³/mol. The summed E-state index contributed by atoms with van der Waals surface area (Å²) in [5.41, 5.74) is 0.283. The zero-order chi connectivity index (χ0) is 15.6. The molecule has 5 nitrogen and oxygen atoms in total. The van der Waals surface area contributed by atoms with Crippen LogP contribution < -0.4 is 5.32 Å². The topological polar surface area (TPSA) is 69.6 Å². The summed E-state index contributed by atoms with van der Waals surface area (Å²) < 4.78 is 60.8. The third-order valence-electron chi connectivity index (χ3n) is 2.51. The largest absolute Gasteiger partial charge is 0.416 e. The van der Waals surface area contributed by atoms with E-state index in [-0.39, 0.29) is 10.6 Å². The van der Waals surface area contributed by atoms with Gasteiger partial charge in [-0.3, -0.25) is 0 Å². The maximum Gasteiger partial charge on any atom is 0.416 e. The van der Waals surface area contributed by atoms with Crippen molar-refractivity contribution in [2.75, 3.05) is 26.0 Å². The van der Waals surface area contributed by atoms with E-state index in [0.717, 1.165) is 4.31 Å². The van der Waals surface area contributed by atoms with Gasteiger partial charge in [-0.15, -0.1) is 0 Å². The summed E-state index contributed by atoms with van der Waals surface area (Å²) in [5.74, 6) is 0. The number of anilines is 1. The molecule has 1 rings (SSSR count). The maximum atomic E-state index is 12.1. The summed E-state index contributed by atoms with van der Waals surface area (Å²) in [6.45, 7) is -0.705. The number of halogens is 3. The number of aliphatic hydroxyl groups is 1. The van der Waals surface area contributed by atoms with Gasteiger partial charge in [-0.2, -0.15) is 13.2 Å². The minimum atomic E-state index is -4.69. The predicted octanol–water partition coefficient (Wildman–Crippen LogP) is 1.27. The van der Waals surface area contributed by atoms with Gasteiger partial charge in [0.25, 0.3) is 0 Å². The second-order valence-electron chi connectivity index (χ2n) is 4.25. The zero-order valence-electron chi connectivity index (χ0n) is 10.8. The number of benzene rings is 1. The molecule has 1 unspecified atom stereocenters. The Balaban J connectivity index is 2.74. The Bertz CT molecular complexity index is 541. The minimum Gasteiger partial charge on any atom is -0.382 e. The lowest BCUT2D eigenvalue weighted by Gasteiger charge is -2.16. The fourth-order valence-corrected chi connectivity index (χ4v) is 2.19. The normalized spacial score (nSPS) is 14.3. The molecule has 0 saturated carbocycles. The average Bonchev–Trinajstić information content (AvgIpc) is 2.35. The van der Waals surface area contributed by atoms with Crippen LogP contribution in [0, 0.1) is 0 Å². The van der Waals surface area contributed by atoms with E-state index in [2.05, 4.69) is 5.32 Å². The molecule has 0 aromatic heterocycles. The van der Waals surface area contributed by atoms with Crippen molar-refractivity contribution in [2.24, 2.45) is 0 Å². The Hall–Kier alpha value is -1.32. The van der Waals surface area contributed by atoms with E-state index in [1.54, 1.807) is 0 Å². The number of hydrogen-bond donors (Lipinski definition) is 2. The molecule has 0 spiro atoms. The molecule has 0 bridgehead atoms. The summed E-state index contributed by atoms with van der Waals surface area (Å²) in [6.07, 6.45) is -7.17. The van der Waals surface area contributed by atoms with Gasteiger partial charge in [-0.25, -0.2) is 12.7 Å². The molecular formula is C11H15F3N2O3S. The molecule has 0 radical (unpaired) electrons. The summed E-state index contributed by atoms with van der Waals surface area (Å²) in [7, 11) is -0.820. The summed E-state index contributed by atoms with van der Waals surface area (Å²) in [6, 6.07) is 5.22. The van der Waals surface area contributed by atoms with Crippen molar-refractivity contribution in [1.82, 2.24) is 4.31 Å². The SMILES string of the molecule is CN(C)S(=O)(=O)c1ccc(NCC(O)C(F)(F)F)cc1. The highest BCUT2D eigenvalue weighted by molar-refractivity contribution is 7.89. The third kappa shape index (κ3) is 4.09. The molecule has 20 heavy (non-hydrogen) atoms. The Morgan fingerprint density at radius 1 is 1.25 bits per heavy atom. The fraction of sp³-hybridized carbons (Fsp3) is 0.455. The first-order valence-corrected chi connectivity index (χ1v) is 7.00. The molecule has 0 amide bonds. The van der Waals surface area contributed by atoms with Crippen molar-refractivity contribution in [1.29, 1.82) is 0 Å². The maximum absolute atomic E-state index is 12.1. The first-order chi connectivity index (χ1) is 9.05. The lowest BCUT2D eigenvalue weighted by molar-refractivity contribution is -0.198. The van der Waals surface area contributed by atoms with Crippen LogP contribution in [-0.4, -0.2) is 50.7 Å². The standard InChI is InChI=1S/C11H15F3N2O3S/c1-16(2)20(18,19)9-5-3-8(4-6-9)15-7-10(17)11(12,13)14/h3-6,10,15,17H,7H2,1-2H3. The van der Waals surface area contributed by atoms with Crippen molar-refractivity contribution in [3.8, 4) is 0 Å². The minimum absolute atomic E-state index is 0.0319. The van der Waals surface area contributed by atoms with Gasteiger partial charge in [0.1, 0.15) is 0 Å². The Kier molecular flexibility index (Phi) is 5.00. The number of hydrogen-bond acceptors (Lipinski definition) is 4. The van der Waals surface area contributed by atoms with Crippen LogP contribution in [-0.2, 0) is 10.0 Å². The molecule has 0 aliphatic rings. The number of rotatable bonds is 5. The van der Waals surface area contributed by atoms with E-state index in [0.29, 0.717) is 0 Å². The molecule has 9 heteroatoms. The number of alkyl halides is 3. The van der Waals surface area contributed by atoms with Gasteiger partial charge >= 0.3 is 6.18 Å². The molecule has 0 saturated heterocycles. The van der Waals surface area contributed by atoms with E-state index < -0.39 is 28.8 Å². The molecule has 1 atom stereocenters. The van der Waals surface area contributed by atoms with Crippen molar-refractivity contribution < 1.29 is 26.7 Å². The molecular weight excluding hydrogens is 297 g/mol. The van der Waals surface area contributed by atoms with Crippen LogP contribution in [0.2, 0.25) is 0 Å². The Morgan fingerprint density at radius 3 is 2.15 bits per heavy atom. The van der Waals surface area contributed by atoms with Gasteiger partial charge in [0.05, 0.1) is 4.90 Å². The highest BCUT2D eigenvalue weighted by atomic mass is 32.2. The molecule has 1 aromatic carbocycles. The van der Waals surface area contributed by atoms with Crippen LogP contribution in [0.3, 0.4) is 0 Å². The smallest absolute Gasteiger partial charge is 0.382 e. The van der Waals surface area contributed by atoms with Gasteiger partial charge in [-0.05, 0) is 24.3 Å². The highest BCUT2D eigenvalue weighted by Gasteiger charge is 2.37. The molecule has 2 N–H and O–H groups in total. The van der Waals surface area contributed by atoms with Crippen LogP contribution in [0.1, 0.15) is 0 Å². The number of nitrogens with one attached hydrogen (secondary N) is 1. The highest BCUT2D eigenvalue weighted by Crippen LogP contribution is 2.21. The van der Waals surface area contributed by atoms with E-state index >= 15 is 0 Å². The van der Waals surface area contributed by atoms with Crippen molar-refractivity contribution >= 4 is 15.7 Å². The van der Waals surface area contributed by atoms with Crippen LogP contribution in [0.5, 0.6) is 0 Å². The first-order valence-electron chi connectivity index (χ1n) is 5.56. The van der Waals surface area contributed by atoms with E-state index in [4.69, 9.17) is 5.11 Å². The van der Waals surface area contributed by atoms with Gasteiger partial charge in [0, 0.05) is 26.3 Å². The van der Waals surface area contributed by atoms with Gasteiger partial charge < -0.3 is 10.4 Å². The monoisotopic (exact) mass is 312 g/mol. The zero-order valence-corrected chi connectivity index (χ0v) is 11.7. The van der Waals surface area contributed by atoms with Gasteiger partial charge in [0.15, 0.2) is 6.10 Å². The fourth-order valence-electron chi connectivity index (χ4n) is 1.29. The molecule has 114 valence electrons. The van der Waals surface area contributed by atoms with E-state index in [1.807, 2.05) is 0 Å². The van der Waals surface area contributed by atoms with Crippen molar-refractivity contribution in [2.45, 2.75) is 17.2 Å². The van der Waals surface area contributed by atoms with E-state index in [9.17, 15) is 21.6 Å². The summed E-state index contributed by atoms with van der Waals surface area (Å²) in [5, 5.41) is 11.2. The molecule has 0 heterocycles. The second-order valence-corrected chi connectivity index (χ2v) is 6.40. The van der Waals surface area contributed by atoms with Gasteiger partial charge in [0.2, 0.25) is 10.0 Å². The Labute approximate surface area is 115 Å². The molecule has 1 aromatic rings. The molecule has 0 fully saturated rings.